The third-order valence-electron chi connectivity index (χ3n) is 7.67. The van der Waals surface area contributed by atoms with E-state index in [1.54, 1.807) is 7.11 Å². The topological polar surface area (TPSA) is 27.7 Å². The highest BCUT2D eigenvalue weighted by atomic mass is 19.4. The Morgan fingerprint density at radius 1 is 0.868 bits per heavy atom. The van der Waals surface area contributed by atoms with Crippen LogP contribution in [-0.2, 0) is 18.9 Å². The summed E-state index contributed by atoms with van der Waals surface area (Å²) in [6.45, 7) is 3.80. The van der Waals surface area contributed by atoms with Gasteiger partial charge in [0.1, 0.15) is 5.75 Å². The number of alkyl halides is 6. The summed E-state index contributed by atoms with van der Waals surface area (Å²) in [5.41, 5.74) is -1.67. The van der Waals surface area contributed by atoms with E-state index in [2.05, 4.69) is 15.1 Å². The predicted molar refractivity (Wildman–Crippen MR) is 134 cm³/mol. The van der Waals surface area contributed by atoms with Gasteiger partial charge in [-0.15, -0.1) is 0 Å². The zero-order valence-electron chi connectivity index (χ0n) is 21.5. The van der Waals surface area contributed by atoms with Crippen molar-refractivity contribution >= 4 is 0 Å². The quantitative estimate of drug-likeness (QED) is 0.384. The number of ether oxygens (including phenoxy) is 1. The largest absolute Gasteiger partial charge is 0.497 e. The maximum atomic E-state index is 13.3. The van der Waals surface area contributed by atoms with Crippen molar-refractivity contribution in [3.05, 3.63) is 64.7 Å². The number of benzene rings is 2. The molecule has 2 aromatic rings. The van der Waals surface area contributed by atoms with Gasteiger partial charge in [-0.05, 0) is 54.3 Å². The normalized spacial score (nSPS) is 19.4. The molecular formula is C28H35F6N3O. The summed E-state index contributed by atoms with van der Waals surface area (Å²) >= 11 is 0. The second-order valence-electron chi connectivity index (χ2n) is 10.2. The molecule has 10 heteroatoms. The maximum Gasteiger partial charge on any atom is 0.416 e. The standard InChI is InChI=1S/C28H35F6N3O/c1-38-25-9-5-6-21(16-25)26(37-12-10-36(11-13-37)24-7-3-2-4-8-24)19-35-18-20-14-22(27(29,30)31)17-23(15-20)28(32,33)34/h5-6,9,14-17,24,26,35H,2-4,7-8,10-13,18-19H2,1H3. The molecule has 4 nitrogen and oxygen atoms in total. The lowest BCUT2D eigenvalue weighted by Gasteiger charge is -2.43. The average molecular weight is 544 g/mol. The first-order valence-corrected chi connectivity index (χ1v) is 13.2. The van der Waals surface area contributed by atoms with Crippen LogP contribution in [0.4, 0.5) is 26.3 Å². The SMILES string of the molecule is COc1cccc(C(CNCc2cc(C(F)(F)F)cc(C(F)(F)F)c2)N2CCN(C3CCCCC3)CC2)c1. The van der Waals surface area contributed by atoms with Crippen LogP contribution in [0, 0.1) is 0 Å². The number of halogens is 6. The highest BCUT2D eigenvalue weighted by molar-refractivity contribution is 5.34. The van der Waals surface area contributed by atoms with E-state index in [-0.39, 0.29) is 24.2 Å². The fraction of sp³-hybridized carbons (Fsp3) is 0.571. The molecule has 1 aliphatic heterocycles. The summed E-state index contributed by atoms with van der Waals surface area (Å²) in [6, 6.07) is 9.90. The van der Waals surface area contributed by atoms with E-state index in [0.717, 1.165) is 43.9 Å². The molecule has 1 unspecified atom stereocenters. The molecule has 1 saturated heterocycles. The summed E-state index contributed by atoms with van der Waals surface area (Å²) < 4.78 is 85.1. The minimum Gasteiger partial charge on any atom is -0.497 e. The Kier molecular flexibility index (Phi) is 9.26. The molecule has 38 heavy (non-hydrogen) atoms. The van der Waals surface area contributed by atoms with Crippen molar-refractivity contribution < 1.29 is 31.1 Å². The Bertz CT molecular complexity index is 1010. The minimum absolute atomic E-state index is 0.0568. The molecule has 0 bridgehead atoms. The molecule has 0 amide bonds. The van der Waals surface area contributed by atoms with E-state index in [1.807, 2.05) is 24.3 Å². The molecule has 0 spiro atoms. The first-order valence-electron chi connectivity index (χ1n) is 13.2. The number of methoxy groups -OCH3 is 1. The van der Waals surface area contributed by atoms with Gasteiger partial charge in [-0.1, -0.05) is 31.4 Å². The van der Waals surface area contributed by atoms with Gasteiger partial charge in [0, 0.05) is 51.4 Å². The number of hydrogen-bond acceptors (Lipinski definition) is 4. The van der Waals surface area contributed by atoms with Crippen LogP contribution in [0.15, 0.2) is 42.5 Å². The Morgan fingerprint density at radius 3 is 2.08 bits per heavy atom. The molecule has 0 aromatic heterocycles. The molecular weight excluding hydrogens is 508 g/mol. The van der Waals surface area contributed by atoms with Gasteiger partial charge in [0.15, 0.2) is 0 Å². The maximum absolute atomic E-state index is 13.3. The van der Waals surface area contributed by atoms with E-state index in [9.17, 15) is 26.3 Å². The first-order chi connectivity index (χ1) is 18.0. The van der Waals surface area contributed by atoms with Crippen molar-refractivity contribution in [3.8, 4) is 5.75 Å². The van der Waals surface area contributed by atoms with Crippen molar-refractivity contribution in [2.75, 3.05) is 39.8 Å². The number of rotatable bonds is 8. The second-order valence-corrected chi connectivity index (χ2v) is 10.2. The van der Waals surface area contributed by atoms with Crippen LogP contribution < -0.4 is 10.1 Å². The molecule has 2 fully saturated rings. The molecule has 2 aliphatic rings. The van der Waals surface area contributed by atoms with Gasteiger partial charge in [0.25, 0.3) is 0 Å². The van der Waals surface area contributed by atoms with Crippen LogP contribution >= 0.6 is 0 Å². The van der Waals surface area contributed by atoms with Gasteiger partial charge >= 0.3 is 12.4 Å². The molecule has 1 heterocycles. The number of hydrogen-bond donors (Lipinski definition) is 1. The molecule has 4 rings (SSSR count). The lowest BCUT2D eigenvalue weighted by molar-refractivity contribution is -0.143. The molecule has 1 atom stereocenters. The zero-order valence-corrected chi connectivity index (χ0v) is 21.5. The fourth-order valence-corrected chi connectivity index (χ4v) is 5.64. The van der Waals surface area contributed by atoms with E-state index >= 15 is 0 Å². The van der Waals surface area contributed by atoms with Crippen LogP contribution in [-0.4, -0.2) is 55.7 Å². The second kappa shape index (κ2) is 12.3. The van der Waals surface area contributed by atoms with Gasteiger partial charge in [-0.25, -0.2) is 0 Å². The summed E-state index contributed by atoms with van der Waals surface area (Å²) in [6.07, 6.45) is -3.42. The van der Waals surface area contributed by atoms with E-state index in [1.165, 1.54) is 32.1 Å². The van der Waals surface area contributed by atoms with Crippen molar-refractivity contribution in [2.24, 2.45) is 0 Å². The molecule has 1 aliphatic carbocycles. The predicted octanol–water partition coefficient (Wildman–Crippen LogP) is 6.51. The third-order valence-corrected chi connectivity index (χ3v) is 7.67. The lowest BCUT2D eigenvalue weighted by Crippen LogP contribution is -2.52. The zero-order chi connectivity index (χ0) is 27.3. The molecule has 0 radical (unpaired) electrons. The Labute approximate surface area is 219 Å². The van der Waals surface area contributed by atoms with Gasteiger partial charge in [-0.3, -0.25) is 9.80 Å². The molecule has 2 aromatic carbocycles. The van der Waals surface area contributed by atoms with E-state index in [4.69, 9.17) is 4.74 Å². The van der Waals surface area contributed by atoms with E-state index in [0.29, 0.717) is 18.3 Å². The Hall–Kier alpha value is -2.30. The van der Waals surface area contributed by atoms with Crippen molar-refractivity contribution in [1.82, 2.24) is 15.1 Å². The van der Waals surface area contributed by atoms with E-state index < -0.39 is 23.5 Å². The fourth-order valence-electron chi connectivity index (χ4n) is 5.64. The number of nitrogens with zero attached hydrogens (tertiary/aromatic N) is 2. The number of nitrogens with one attached hydrogen (secondary N) is 1. The third kappa shape index (κ3) is 7.42. The van der Waals surface area contributed by atoms with Gasteiger partial charge in [0.05, 0.1) is 18.2 Å². The molecule has 210 valence electrons. The van der Waals surface area contributed by atoms with Crippen molar-refractivity contribution in [2.45, 2.75) is 63.1 Å². The van der Waals surface area contributed by atoms with Crippen LogP contribution in [0.5, 0.6) is 5.75 Å². The molecule has 1 N–H and O–H groups in total. The van der Waals surface area contributed by atoms with Crippen molar-refractivity contribution in [1.29, 1.82) is 0 Å². The highest BCUT2D eigenvalue weighted by Crippen LogP contribution is 2.36. The van der Waals surface area contributed by atoms with Crippen molar-refractivity contribution in [3.63, 3.8) is 0 Å². The summed E-state index contributed by atoms with van der Waals surface area (Å²) in [5, 5.41) is 3.14. The van der Waals surface area contributed by atoms with Crippen LogP contribution in [0.2, 0.25) is 0 Å². The van der Waals surface area contributed by atoms with Crippen LogP contribution in [0.25, 0.3) is 0 Å². The lowest BCUT2D eigenvalue weighted by atomic mass is 9.93. The molecule has 1 saturated carbocycles. The summed E-state index contributed by atoms with van der Waals surface area (Å²) in [5.74, 6) is 0.695. The Balaban J connectivity index is 1.48. The monoisotopic (exact) mass is 543 g/mol. The smallest absolute Gasteiger partial charge is 0.416 e. The van der Waals surface area contributed by atoms with Gasteiger partial charge in [0.2, 0.25) is 0 Å². The summed E-state index contributed by atoms with van der Waals surface area (Å²) in [4.78, 5) is 4.90. The Morgan fingerprint density at radius 2 is 1.50 bits per heavy atom. The minimum atomic E-state index is -4.86. The summed E-state index contributed by atoms with van der Waals surface area (Å²) in [7, 11) is 1.58. The van der Waals surface area contributed by atoms with Crippen LogP contribution in [0.1, 0.15) is 60.4 Å². The number of piperazine rings is 1. The van der Waals surface area contributed by atoms with Gasteiger partial charge in [-0.2, -0.15) is 26.3 Å². The van der Waals surface area contributed by atoms with Crippen LogP contribution in [0.3, 0.4) is 0 Å². The highest BCUT2D eigenvalue weighted by Gasteiger charge is 2.37. The van der Waals surface area contributed by atoms with Gasteiger partial charge < -0.3 is 10.1 Å². The average Bonchev–Trinajstić information content (AvgIpc) is 2.91. The first kappa shape index (κ1) is 28.7.